The number of benzene rings is 1. The summed E-state index contributed by atoms with van der Waals surface area (Å²) in [5.74, 6) is -0.412. The monoisotopic (exact) mass is 428 g/mol. The molecule has 1 aromatic carbocycles. The first kappa shape index (κ1) is 23.1. The average molecular weight is 429 g/mol. The van der Waals surface area contributed by atoms with E-state index >= 15 is 0 Å². The van der Waals surface area contributed by atoms with E-state index in [0.29, 0.717) is 36.6 Å². The van der Waals surface area contributed by atoms with Crippen molar-refractivity contribution in [2.75, 3.05) is 20.6 Å². The first-order chi connectivity index (χ1) is 14.6. The van der Waals surface area contributed by atoms with Crippen LogP contribution >= 0.6 is 0 Å². The fourth-order valence-corrected chi connectivity index (χ4v) is 4.31. The molecule has 0 spiro atoms. The predicted molar refractivity (Wildman–Crippen MR) is 119 cm³/mol. The normalized spacial score (nSPS) is 15.8. The third-order valence-electron chi connectivity index (χ3n) is 5.67. The molecule has 0 aliphatic carbocycles. The van der Waals surface area contributed by atoms with Gasteiger partial charge in [-0.3, -0.25) is 9.59 Å². The Balaban J connectivity index is 2.01. The van der Waals surface area contributed by atoms with Crippen molar-refractivity contribution in [2.45, 2.75) is 53.1 Å². The zero-order chi connectivity index (χ0) is 22.8. The molecule has 0 radical (unpaired) electrons. The van der Waals surface area contributed by atoms with E-state index in [0.717, 1.165) is 18.7 Å². The molecule has 1 aromatic heterocycles. The highest BCUT2D eigenvalue weighted by molar-refractivity contribution is 5.98. The topological polar surface area (TPSA) is 67.2 Å². The highest BCUT2D eigenvalue weighted by atomic mass is 19.1. The average Bonchev–Trinajstić information content (AvgIpc) is 2.92. The second kappa shape index (κ2) is 9.30. The largest absolute Gasteiger partial charge is 0.359 e. The SMILES string of the molecule is CNC(=O)[C@@H](CC(=O)c1nc(-c2cccc(F)c2)n2c1CN(C)CCC2)CC(C)(C)C. The first-order valence-electron chi connectivity index (χ1n) is 10.9. The third-order valence-corrected chi connectivity index (χ3v) is 5.67. The zero-order valence-electron chi connectivity index (χ0n) is 19.2. The van der Waals surface area contributed by atoms with Gasteiger partial charge in [-0.25, -0.2) is 9.37 Å². The summed E-state index contributed by atoms with van der Waals surface area (Å²) in [6, 6.07) is 6.32. The van der Waals surface area contributed by atoms with Gasteiger partial charge in [0.2, 0.25) is 5.91 Å². The molecule has 1 aliphatic rings. The van der Waals surface area contributed by atoms with Crippen LogP contribution in [0.15, 0.2) is 24.3 Å². The molecular formula is C24H33FN4O2. The molecule has 2 aromatic rings. The van der Waals surface area contributed by atoms with E-state index in [4.69, 9.17) is 4.98 Å². The summed E-state index contributed by atoms with van der Waals surface area (Å²) in [5, 5.41) is 2.69. The molecule has 1 atom stereocenters. The molecule has 7 heteroatoms. The number of hydrogen-bond donors (Lipinski definition) is 1. The van der Waals surface area contributed by atoms with E-state index < -0.39 is 5.92 Å². The summed E-state index contributed by atoms with van der Waals surface area (Å²) in [6.45, 7) is 8.40. The maximum absolute atomic E-state index is 13.9. The van der Waals surface area contributed by atoms with E-state index in [9.17, 15) is 14.0 Å². The summed E-state index contributed by atoms with van der Waals surface area (Å²) in [7, 11) is 3.62. The van der Waals surface area contributed by atoms with Gasteiger partial charge in [0.1, 0.15) is 17.3 Å². The lowest BCUT2D eigenvalue weighted by molar-refractivity contribution is -0.125. The molecule has 31 heavy (non-hydrogen) atoms. The Kier molecular flexibility index (Phi) is 6.94. The Morgan fingerprint density at radius 1 is 1.26 bits per heavy atom. The maximum atomic E-state index is 13.9. The number of nitrogens with one attached hydrogen (secondary N) is 1. The van der Waals surface area contributed by atoms with E-state index in [1.807, 2.05) is 17.7 Å². The van der Waals surface area contributed by atoms with Gasteiger partial charge in [0.05, 0.1) is 5.69 Å². The molecule has 1 amide bonds. The van der Waals surface area contributed by atoms with Crippen molar-refractivity contribution >= 4 is 11.7 Å². The Morgan fingerprint density at radius 2 is 2.00 bits per heavy atom. The van der Waals surface area contributed by atoms with Crippen LogP contribution in [-0.2, 0) is 17.9 Å². The minimum Gasteiger partial charge on any atom is -0.359 e. The van der Waals surface area contributed by atoms with Gasteiger partial charge in [-0.15, -0.1) is 0 Å². The molecule has 1 aliphatic heterocycles. The smallest absolute Gasteiger partial charge is 0.223 e. The number of aromatic nitrogens is 2. The number of Topliss-reactive ketones (excluding diaryl/α,β-unsaturated/α-hetero) is 1. The molecule has 1 N–H and O–H groups in total. The van der Waals surface area contributed by atoms with Crippen LogP contribution in [0.4, 0.5) is 4.39 Å². The van der Waals surface area contributed by atoms with E-state index in [1.54, 1.807) is 13.1 Å². The molecule has 0 saturated heterocycles. The minimum absolute atomic E-state index is 0.0878. The van der Waals surface area contributed by atoms with Crippen LogP contribution in [-0.4, -0.2) is 46.8 Å². The number of amides is 1. The maximum Gasteiger partial charge on any atom is 0.223 e. The number of hydrogen-bond acceptors (Lipinski definition) is 4. The Hall–Kier alpha value is -2.54. The predicted octanol–water partition coefficient (Wildman–Crippen LogP) is 3.90. The van der Waals surface area contributed by atoms with Gasteiger partial charge in [-0.1, -0.05) is 32.9 Å². The Bertz CT molecular complexity index is 961. The van der Waals surface area contributed by atoms with Crippen LogP contribution in [0, 0.1) is 17.2 Å². The van der Waals surface area contributed by atoms with Crippen LogP contribution < -0.4 is 5.32 Å². The lowest BCUT2D eigenvalue weighted by Crippen LogP contribution is -2.32. The summed E-state index contributed by atoms with van der Waals surface area (Å²) in [5.41, 5.74) is 1.81. The fraction of sp³-hybridized carbons (Fsp3) is 0.542. The number of fused-ring (bicyclic) bond motifs is 1. The number of carbonyl (C=O) groups is 2. The standard InChI is InChI=1S/C24H33FN4O2/c1-24(2,3)14-17(23(31)26-4)13-20(30)21-19-15-28(5)10-7-11-29(19)22(27-21)16-8-6-9-18(25)12-16/h6,8-9,12,17H,7,10-11,13-15H2,1-5H3,(H,26,31)/t17-/m0/s1. The lowest BCUT2D eigenvalue weighted by Gasteiger charge is -2.24. The van der Waals surface area contributed by atoms with Crippen LogP contribution in [0.25, 0.3) is 11.4 Å². The van der Waals surface area contributed by atoms with Crippen molar-refractivity contribution in [3.63, 3.8) is 0 Å². The highest BCUT2D eigenvalue weighted by Crippen LogP contribution is 2.30. The molecular weight excluding hydrogens is 395 g/mol. The lowest BCUT2D eigenvalue weighted by atomic mass is 9.81. The Morgan fingerprint density at radius 3 is 2.65 bits per heavy atom. The molecule has 2 heterocycles. The first-order valence-corrected chi connectivity index (χ1v) is 10.9. The molecule has 3 rings (SSSR count). The minimum atomic E-state index is -0.420. The van der Waals surface area contributed by atoms with Crippen LogP contribution in [0.5, 0.6) is 0 Å². The van der Waals surface area contributed by atoms with E-state index in [1.165, 1.54) is 12.1 Å². The second-order valence-corrected chi connectivity index (χ2v) is 9.69. The Labute approximate surface area is 183 Å². The number of nitrogens with zero attached hydrogens (tertiary/aromatic N) is 3. The summed E-state index contributed by atoms with van der Waals surface area (Å²) < 4.78 is 15.9. The molecule has 0 bridgehead atoms. The summed E-state index contributed by atoms with van der Waals surface area (Å²) in [6.07, 6.45) is 1.62. The third kappa shape index (κ3) is 5.58. The van der Waals surface area contributed by atoms with Crippen molar-refractivity contribution < 1.29 is 14.0 Å². The van der Waals surface area contributed by atoms with Crippen LogP contribution in [0.3, 0.4) is 0 Å². The van der Waals surface area contributed by atoms with Crippen molar-refractivity contribution in [2.24, 2.45) is 11.3 Å². The van der Waals surface area contributed by atoms with Gasteiger partial charge >= 0.3 is 0 Å². The van der Waals surface area contributed by atoms with Gasteiger partial charge in [0, 0.05) is 38.0 Å². The number of carbonyl (C=O) groups excluding carboxylic acids is 2. The van der Waals surface area contributed by atoms with E-state index in [-0.39, 0.29) is 29.3 Å². The van der Waals surface area contributed by atoms with Gasteiger partial charge in [0.25, 0.3) is 0 Å². The summed E-state index contributed by atoms with van der Waals surface area (Å²) >= 11 is 0. The van der Waals surface area contributed by atoms with Crippen LogP contribution in [0.2, 0.25) is 0 Å². The highest BCUT2D eigenvalue weighted by Gasteiger charge is 2.31. The van der Waals surface area contributed by atoms with Crippen molar-refractivity contribution in [3.05, 3.63) is 41.5 Å². The van der Waals surface area contributed by atoms with Gasteiger partial charge in [0.15, 0.2) is 5.78 Å². The number of rotatable bonds is 6. The summed E-state index contributed by atoms with van der Waals surface area (Å²) in [4.78, 5) is 32.8. The van der Waals surface area contributed by atoms with E-state index in [2.05, 4.69) is 31.0 Å². The number of ketones is 1. The second-order valence-electron chi connectivity index (χ2n) is 9.69. The fourth-order valence-electron chi connectivity index (χ4n) is 4.31. The number of imidazole rings is 1. The molecule has 0 unspecified atom stereocenters. The van der Waals surface area contributed by atoms with Crippen molar-refractivity contribution in [1.82, 2.24) is 19.8 Å². The molecule has 168 valence electrons. The van der Waals surface area contributed by atoms with Gasteiger partial charge in [-0.2, -0.15) is 0 Å². The van der Waals surface area contributed by atoms with Gasteiger partial charge < -0.3 is 14.8 Å². The van der Waals surface area contributed by atoms with Crippen LogP contribution in [0.1, 0.15) is 56.2 Å². The van der Waals surface area contributed by atoms with Crippen molar-refractivity contribution in [1.29, 1.82) is 0 Å². The molecule has 6 nitrogen and oxygen atoms in total. The molecule has 0 saturated carbocycles. The number of halogens is 1. The van der Waals surface area contributed by atoms with Crippen molar-refractivity contribution in [3.8, 4) is 11.4 Å². The zero-order valence-corrected chi connectivity index (χ0v) is 19.2. The van der Waals surface area contributed by atoms with Gasteiger partial charge in [-0.05, 0) is 44.0 Å². The molecule has 0 fully saturated rings. The quantitative estimate of drug-likeness (QED) is 0.709.